The maximum Gasteiger partial charge on any atom is 0.241 e. The second kappa shape index (κ2) is 5.79. The van der Waals surface area contributed by atoms with E-state index in [0.29, 0.717) is 0 Å². The van der Waals surface area contributed by atoms with Crippen molar-refractivity contribution in [3.05, 3.63) is 34.3 Å². The monoisotopic (exact) mass is 350 g/mol. The van der Waals surface area contributed by atoms with Gasteiger partial charge in [0.1, 0.15) is 0 Å². The van der Waals surface area contributed by atoms with Crippen LogP contribution in [0.5, 0.6) is 0 Å². The summed E-state index contributed by atoms with van der Waals surface area (Å²) in [6.07, 6.45) is 3.86. The highest BCUT2D eigenvalue weighted by atomic mass is 79.9. The fourth-order valence-corrected chi connectivity index (χ4v) is 3.21. The normalized spacial score (nSPS) is 19.4. The number of carbonyl (C=O) groups is 2. The average molecular weight is 351 g/mol. The average Bonchev–Trinajstić information content (AvgIpc) is 3.11. The fourth-order valence-electron chi connectivity index (χ4n) is 2.94. The van der Waals surface area contributed by atoms with Gasteiger partial charge in [0.15, 0.2) is 0 Å². The van der Waals surface area contributed by atoms with Gasteiger partial charge >= 0.3 is 0 Å². The highest BCUT2D eigenvalue weighted by Gasteiger charge is 2.51. The Labute approximate surface area is 133 Å². The minimum atomic E-state index is -0.411. The van der Waals surface area contributed by atoms with Gasteiger partial charge in [0.05, 0.1) is 12.0 Å². The summed E-state index contributed by atoms with van der Waals surface area (Å²) in [4.78, 5) is 26.3. The Morgan fingerprint density at radius 1 is 1.14 bits per heavy atom. The van der Waals surface area contributed by atoms with Gasteiger partial charge in [-0.25, -0.2) is 0 Å². The Morgan fingerprint density at radius 3 is 2.33 bits per heavy atom. The zero-order valence-corrected chi connectivity index (χ0v) is 13.5. The molecule has 2 amide bonds. The molecule has 1 aromatic rings. The smallest absolute Gasteiger partial charge is 0.241 e. The van der Waals surface area contributed by atoms with Crippen molar-refractivity contribution < 1.29 is 9.59 Å². The molecule has 5 heteroatoms. The van der Waals surface area contributed by atoms with Crippen molar-refractivity contribution in [3.63, 3.8) is 0 Å². The van der Waals surface area contributed by atoms with E-state index in [2.05, 4.69) is 21.2 Å². The highest BCUT2D eigenvalue weighted by Crippen LogP contribution is 2.48. The third-order valence-electron chi connectivity index (χ3n) is 4.44. The van der Waals surface area contributed by atoms with Crippen molar-refractivity contribution in [2.45, 2.75) is 31.1 Å². The van der Waals surface area contributed by atoms with Crippen LogP contribution in [0.2, 0.25) is 0 Å². The van der Waals surface area contributed by atoms with E-state index in [0.717, 1.165) is 48.8 Å². The van der Waals surface area contributed by atoms with Gasteiger partial charge in [0, 0.05) is 17.6 Å². The first kappa shape index (κ1) is 14.6. The number of amides is 2. The molecule has 3 rings (SSSR count). The molecule has 4 nitrogen and oxygen atoms in total. The van der Waals surface area contributed by atoms with Crippen LogP contribution in [0.3, 0.4) is 0 Å². The number of carbonyl (C=O) groups excluding carboxylic acids is 2. The Bertz CT molecular complexity index is 546. The maximum atomic E-state index is 12.4. The van der Waals surface area contributed by atoms with Crippen LogP contribution >= 0.6 is 15.9 Å². The summed E-state index contributed by atoms with van der Waals surface area (Å²) in [6, 6.07) is 7.88. The maximum absolute atomic E-state index is 12.4. The van der Waals surface area contributed by atoms with Crippen LogP contribution in [0.1, 0.15) is 31.2 Å². The molecule has 2 aliphatic rings. The molecule has 1 aliphatic carbocycles. The number of rotatable bonds is 4. The van der Waals surface area contributed by atoms with Gasteiger partial charge in [0.2, 0.25) is 11.8 Å². The first-order chi connectivity index (χ1) is 10.1. The quantitative estimate of drug-likeness (QED) is 0.904. The van der Waals surface area contributed by atoms with Gasteiger partial charge in [0.25, 0.3) is 0 Å². The van der Waals surface area contributed by atoms with Crippen LogP contribution in [-0.4, -0.2) is 36.3 Å². The van der Waals surface area contributed by atoms with Crippen molar-refractivity contribution in [2.24, 2.45) is 0 Å². The number of halogens is 1. The van der Waals surface area contributed by atoms with Crippen LogP contribution in [0.15, 0.2) is 28.7 Å². The van der Waals surface area contributed by atoms with Crippen molar-refractivity contribution in [2.75, 3.05) is 19.6 Å². The van der Waals surface area contributed by atoms with Gasteiger partial charge in [-0.15, -0.1) is 0 Å². The zero-order chi connectivity index (χ0) is 14.9. The summed E-state index contributed by atoms with van der Waals surface area (Å²) in [5, 5.41) is 2.83. The third kappa shape index (κ3) is 2.98. The van der Waals surface area contributed by atoms with E-state index in [4.69, 9.17) is 0 Å². The van der Waals surface area contributed by atoms with E-state index in [1.807, 2.05) is 29.2 Å². The van der Waals surface area contributed by atoms with Gasteiger partial charge < -0.3 is 10.2 Å². The van der Waals surface area contributed by atoms with Crippen LogP contribution in [-0.2, 0) is 15.0 Å². The fraction of sp³-hybridized carbons (Fsp3) is 0.500. The van der Waals surface area contributed by atoms with E-state index >= 15 is 0 Å². The standard InChI is InChI=1S/C16H19BrN2O2/c17-13-5-3-12(4-6-13)16(7-8-16)15(21)18-11-14(20)19-9-1-2-10-19/h3-6H,1-2,7-11H2,(H,18,21). The summed E-state index contributed by atoms with van der Waals surface area (Å²) >= 11 is 3.41. The van der Waals surface area contributed by atoms with Gasteiger partial charge in [-0.2, -0.15) is 0 Å². The molecular formula is C16H19BrN2O2. The second-order valence-corrected chi connectivity index (χ2v) is 6.78. The van der Waals surface area contributed by atoms with Gasteiger partial charge in [-0.05, 0) is 43.4 Å². The predicted octanol–water partition coefficient (Wildman–Crippen LogP) is 2.22. The minimum absolute atomic E-state index is 0.0163. The molecule has 112 valence electrons. The van der Waals surface area contributed by atoms with Gasteiger partial charge in [-0.1, -0.05) is 28.1 Å². The number of nitrogens with one attached hydrogen (secondary N) is 1. The lowest BCUT2D eigenvalue weighted by Gasteiger charge is -2.18. The first-order valence-electron chi connectivity index (χ1n) is 7.44. The van der Waals surface area contributed by atoms with E-state index in [-0.39, 0.29) is 18.4 Å². The molecule has 2 fully saturated rings. The molecule has 0 atom stereocenters. The Balaban J connectivity index is 1.60. The van der Waals surface area contributed by atoms with E-state index in [1.54, 1.807) is 0 Å². The lowest BCUT2D eigenvalue weighted by atomic mass is 9.95. The number of hydrogen-bond acceptors (Lipinski definition) is 2. The second-order valence-electron chi connectivity index (χ2n) is 5.86. The summed E-state index contributed by atoms with van der Waals surface area (Å²) in [5.41, 5.74) is 0.628. The largest absolute Gasteiger partial charge is 0.346 e. The van der Waals surface area contributed by atoms with Crippen molar-refractivity contribution in [3.8, 4) is 0 Å². The lowest BCUT2D eigenvalue weighted by molar-refractivity contribution is -0.132. The molecule has 1 aliphatic heterocycles. The van der Waals surface area contributed by atoms with Crippen LogP contribution in [0, 0.1) is 0 Å². The molecule has 1 aromatic carbocycles. The van der Waals surface area contributed by atoms with Gasteiger partial charge in [-0.3, -0.25) is 9.59 Å². The Kier molecular flexibility index (Phi) is 4.02. The number of hydrogen-bond donors (Lipinski definition) is 1. The molecule has 0 spiro atoms. The Hall–Kier alpha value is -1.36. The molecule has 1 heterocycles. The number of benzene rings is 1. The Morgan fingerprint density at radius 2 is 1.76 bits per heavy atom. The van der Waals surface area contributed by atoms with Crippen LogP contribution in [0.25, 0.3) is 0 Å². The molecule has 0 aromatic heterocycles. The summed E-state index contributed by atoms with van der Waals surface area (Å²) in [6.45, 7) is 1.77. The zero-order valence-electron chi connectivity index (χ0n) is 11.9. The SMILES string of the molecule is O=C(CNC(=O)C1(c2ccc(Br)cc2)CC1)N1CCCC1. The van der Waals surface area contributed by atoms with Crippen molar-refractivity contribution in [1.29, 1.82) is 0 Å². The molecule has 1 saturated carbocycles. The molecule has 1 N–H and O–H groups in total. The molecule has 21 heavy (non-hydrogen) atoms. The van der Waals surface area contributed by atoms with Crippen LogP contribution in [0.4, 0.5) is 0 Å². The first-order valence-corrected chi connectivity index (χ1v) is 8.23. The lowest BCUT2D eigenvalue weighted by Crippen LogP contribution is -2.42. The number of likely N-dealkylation sites (tertiary alicyclic amines) is 1. The summed E-state index contributed by atoms with van der Waals surface area (Å²) in [7, 11) is 0. The molecule has 1 saturated heterocycles. The third-order valence-corrected chi connectivity index (χ3v) is 4.97. The van der Waals surface area contributed by atoms with E-state index in [1.165, 1.54) is 0 Å². The highest BCUT2D eigenvalue weighted by molar-refractivity contribution is 9.10. The minimum Gasteiger partial charge on any atom is -0.346 e. The van der Waals surface area contributed by atoms with Crippen molar-refractivity contribution >= 4 is 27.7 Å². The summed E-state index contributed by atoms with van der Waals surface area (Å²) < 4.78 is 1.01. The molecular weight excluding hydrogens is 332 g/mol. The van der Waals surface area contributed by atoms with Crippen LogP contribution < -0.4 is 5.32 Å². The van der Waals surface area contributed by atoms with Crippen molar-refractivity contribution in [1.82, 2.24) is 10.2 Å². The molecule has 0 unspecified atom stereocenters. The van der Waals surface area contributed by atoms with E-state index in [9.17, 15) is 9.59 Å². The molecule has 0 bridgehead atoms. The predicted molar refractivity (Wildman–Crippen MR) is 83.9 cm³/mol. The van der Waals surface area contributed by atoms with E-state index < -0.39 is 5.41 Å². The number of nitrogens with zero attached hydrogens (tertiary/aromatic N) is 1. The molecule has 0 radical (unpaired) electrons. The summed E-state index contributed by atoms with van der Waals surface area (Å²) in [5.74, 6) is 0.0184. The topological polar surface area (TPSA) is 49.4 Å².